The fraction of sp³-hybridized carbons (Fsp3) is 0.211. The standard InChI is InChI=1S/C19H16Cl3NO/c20-19(21,22)18-23-16(12-11-14-7-3-1-4-8-14)17(24-18)13-15-9-5-2-6-10-15/h1-12,16-17H,13H2/b12-11+/t16-,17+/m0/s1. The van der Waals surface area contributed by atoms with E-state index >= 15 is 0 Å². The Morgan fingerprint density at radius 1 is 0.958 bits per heavy atom. The number of benzene rings is 2. The molecule has 1 aliphatic heterocycles. The first-order valence-electron chi connectivity index (χ1n) is 7.61. The first-order chi connectivity index (χ1) is 11.5. The van der Waals surface area contributed by atoms with E-state index in [1.807, 2.05) is 60.7 Å². The van der Waals surface area contributed by atoms with Crippen LogP contribution in [0.15, 0.2) is 71.7 Å². The van der Waals surface area contributed by atoms with Gasteiger partial charge in [0.15, 0.2) is 0 Å². The third-order valence-electron chi connectivity index (χ3n) is 3.72. The van der Waals surface area contributed by atoms with Gasteiger partial charge < -0.3 is 4.74 Å². The van der Waals surface area contributed by atoms with Gasteiger partial charge in [-0.15, -0.1) is 0 Å². The Bertz CT molecular complexity index is 723. The van der Waals surface area contributed by atoms with Crippen molar-refractivity contribution in [3.05, 3.63) is 77.9 Å². The van der Waals surface area contributed by atoms with Gasteiger partial charge in [0.1, 0.15) is 12.1 Å². The Hall–Kier alpha value is -1.48. The zero-order valence-electron chi connectivity index (χ0n) is 12.8. The summed E-state index contributed by atoms with van der Waals surface area (Å²) in [5.41, 5.74) is 2.25. The lowest BCUT2D eigenvalue weighted by molar-refractivity contribution is 0.203. The predicted octanol–water partition coefficient (Wildman–Crippen LogP) is 5.48. The number of rotatable bonds is 4. The molecule has 2 aromatic carbocycles. The second-order valence-corrected chi connectivity index (χ2v) is 7.82. The smallest absolute Gasteiger partial charge is 0.266 e. The molecule has 0 radical (unpaired) electrons. The number of aliphatic imine (C=N–C) groups is 1. The van der Waals surface area contributed by atoms with Gasteiger partial charge in [-0.1, -0.05) is 108 Å². The van der Waals surface area contributed by atoms with Gasteiger partial charge >= 0.3 is 0 Å². The summed E-state index contributed by atoms with van der Waals surface area (Å²) in [5.74, 6) is 0.149. The topological polar surface area (TPSA) is 21.6 Å². The quantitative estimate of drug-likeness (QED) is 0.644. The van der Waals surface area contributed by atoms with E-state index in [-0.39, 0.29) is 18.0 Å². The maximum Gasteiger partial charge on any atom is 0.266 e. The molecule has 0 bridgehead atoms. The first-order valence-corrected chi connectivity index (χ1v) is 8.74. The lowest BCUT2D eigenvalue weighted by Gasteiger charge is -2.17. The highest BCUT2D eigenvalue weighted by Crippen LogP contribution is 2.34. The minimum Gasteiger partial charge on any atom is -0.472 e. The molecule has 0 unspecified atom stereocenters. The fourth-order valence-corrected chi connectivity index (χ4v) is 2.83. The van der Waals surface area contributed by atoms with Gasteiger partial charge in [0.25, 0.3) is 3.79 Å². The van der Waals surface area contributed by atoms with Gasteiger partial charge in [0.05, 0.1) is 0 Å². The van der Waals surface area contributed by atoms with Crippen molar-refractivity contribution >= 4 is 46.8 Å². The van der Waals surface area contributed by atoms with Crippen LogP contribution in [0.25, 0.3) is 6.08 Å². The molecule has 1 heterocycles. The molecule has 0 fully saturated rings. The zero-order chi connectivity index (χ0) is 17.0. The molecule has 2 nitrogen and oxygen atoms in total. The summed E-state index contributed by atoms with van der Waals surface area (Å²) in [4.78, 5) is 4.46. The molecule has 5 heteroatoms. The molecular weight excluding hydrogens is 365 g/mol. The molecule has 0 aromatic heterocycles. The van der Waals surface area contributed by atoms with E-state index in [1.54, 1.807) is 0 Å². The number of alkyl halides is 3. The molecule has 1 aliphatic rings. The predicted molar refractivity (Wildman–Crippen MR) is 102 cm³/mol. The SMILES string of the molecule is ClC(Cl)(Cl)C1=N[C@@H](/C=C/c2ccccc2)[C@@H](Cc2ccccc2)O1. The van der Waals surface area contributed by atoms with Gasteiger partial charge in [0.2, 0.25) is 5.90 Å². The molecule has 2 aromatic rings. The van der Waals surface area contributed by atoms with Gasteiger partial charge in [-0.3, -0.25) is 0 Å². The molecule has 0 saturated heterocycles. The van der Waals surface area contributed by atoms with Crippen molar-refractivity contribution < 1.29 is 4.74 Å². The second kappa shape index (κ2) is 7.60. The molecule has 0 N–H and O–H groups in total. The van der Waals surface area contributed by atoms with Gasteiger partial charge in [0, 0.05) is 6.42 Å². The van der Waals surface area contributed by atoms with Crippen LogP contribution < -0.4 is 0 Å². The molecule has 3 rings (SSSR count). The Morgan fingerprint density at radius 2 is 1.58 bits per heavy atom. The monoisotopic (exact) mass is 379 g/mol. The van der Waals surface area contributed by atoms with E-state index in [0.29, 0.717) is 6.42 Å². The largest absolute Gasteiger partial charge is 0.472 e. The first kappa shape index (κ1) is 17.3. The summed E-state index contributed by atoms with van der Waals surface area (Å²) in [6.45, 7) is 0. The van der Waals surface area contributed by atoms with Crippen LogP contribution in [0.4, 0.5) is 0 Å². The fourth-order valence-electron chi connectivity index (χ4n) is 2.55. The Labute approximate surface area is 156 Å². The molecule has 0 aliphatic carbocycles. The van der Waals surface area contributed by atoms with Crippen molar-refractivity contribution in [3.63, 3.8) is 0 Å². The van der Waals surface area contributed by atoms with Crippen molar-refractivity contribution in [2.75, 3.05) is 0 Å². The number of hydrogen-bond donors (Lipinski definition) is 0. The van der Waals surface area contributed by atoms with Crippen LogP contribution in [0, 0.1) is 0 Å². The van der Waals surface area contributed by atoms with E-state index in [0.717, 1.165) is 11.1 Å². The lowest BCUT2D eigenvalue weighted by atomic mass is 10.0. The van der Waals surface area contributed by atoms with Crippen LogP contribution in [-0.2, 0) is 11.2 Å². The van der Waals surface area contributed by atoms with Crippen molar-refractivity contribution in [3.8, 4) is 0 Å². The van der Waals surface area contributed by atoms with Crippen LogP contribution in [0.3, 0.4) is 0 Å². The van der Waals surface area contributed by atoms with E-state index < -0.39 is 3.79 Å². The number of hydrogen-bond acceptors (Lipinski definition) is 2. The molecule has 124 valence electrons. The Kier molecular flexibility index (Phi) is 5.50. The maximum atomic E-state index is 5.94. The highest BCUT2D eigenvalue weighted by Gasteiger charge is 2.39. The average Bonchev–Trinajstić information content (AvgIpc) is 2.98. The van der Waals surface area contributed by atoms with E-state index in [1.165, 1.54) is 0 Å². The van der Waals surface area contributed by atoms with Crippen LogP contribution >= 0.6 is 34.8 Å². The van der Waals surface area contributed by atoms with Crippen LogP contribution in [0.2, 0.25) is 0 Å². The van der Waals surface area contributed by atoms with Gasteiger partial charge in [-0.05, 0) is 11.1 Å². The third-order valence-corrected chi connectivity index (χ3v) is 4.20. The third kappa shape index (κ3) is 4.54. The van der Waals surface area contributed by atoms with Gasteiger partial charge in [-0.2, -0.15) is 0 Å². The van der Waals surface area contributed by atoms with Crippen molar-refractivity contribution in [2.24, 2.45) is 4.99 Å². The van der Waals surface area contributed by atoms with E-state index in [4.69, 9.17) is 39.5 Å². The summed E-state index contributed by atoms with van der Waals surface area (Å²) < 4.78 is 4.19. The number of ether oxygens (including phenoxy) is 1. The van der Waals surface area contributed by atoms with Crippen LogP contribution in [0.1, 0.15) is 11.1 Å². The molecule has 2 atom stereocenters. The highest BCUT2D eigenvalue weighted by molar-refractivity contribution is 6.76. The summed E-state index contributed by atoms with van der Waals surface area (Å²) in [7, 11) is 0. The minimum atomic E-state index is -1.65. The maximum absolute atomic E-state index is 5.94. The second-order valence-electron chi connectivity index (χ2n) is 5.54. The number of halogens is 3. The average molecular weight is 381 g/mol. The Balaban J connectivity index is 1.80. The molecule has 0 saturated carbocycles. The minimum absolute atomic E-state index is 0.149. The summed E-state index contributed by atoms with van der Waals surface area (Å²) >= 11 is 17.8. The van der Waals surface area contributed by atoms with Crippen molar-refractivity contribution in [2.45, 2.75) is 22.4 Å². The summed E-state index contributed by atoms with van der Waals surface area (Å²) in [6, 6.07) is 19.9. The zero-order valence-corrected chi connectivity index (χ0v) is 15.0. The molecular formula is C19H16Cl3NO. The highest BCUT2D eigenvalue weighted by atomic mass is 35.6. The van der Waals surface area contributed by atoms with E-state index in [9.17, 15) is 0 Å². The van der Waals surface area contributed by atoms with Crippen molar-refractivity contribution in [1.82, 2.24) is 0 Å². The summed E-state index contributed by atoms with van der Waals surface area (Å²) in [6.07, 6.45) is 4.50. The van der Waals surface area contributed by atoms with Crippen molar-refractivity contribution in [1.29, 1.82) is 0 Å². The summed E-state index contributed by atoms with van der Waals surface area (Å²) in [5, 5.41) is 0. The van der Waals surface area contributed by atoms with Crippen LogP contribution in [-0.4, -0.2) is 21.8 Å². The molecule has 24 heavy (non-hydrogen) atoms. The normalized spacial score (nSPS) is 20.9. The van der Waals surface area contributed by atoms with Gasteiger partial charge in [-0.25, -0.2) is 4.99 Å². The van der Waals surface area contributed by atoms with Crippen LogP contribution in [0.5, 0.6) is 0 Å². The van der Waals surface area contributed by atoms with E-state index in [2.05, 4.69) is 17.1 Å². The lowest BCUT2D eigenvalue weighted by Crippen LogP contribution is -2.26. The Morgan fingerprint density at radius 3 is 2.21 bits per heavy atom. The molecule has 0 amide bonds. The molecule has 0 spiro atoms. The number of nitrogens with zero attached hydrogens (tertiary/aromatic N) is 1.